The third-order valence-corrected chi connectivity index (χ3v) is 1.66. The third kappa shape index (κ3) is 2.71. The van der Waals surface area contributed by atoms with Gasteiger partial charge in [0.2, 0.25) is 0 Å². The Labute approximate surface area is 79.1 Å². The van der Waals surface area contributed by atoms with Crippen molar-refractivity contribution in [3.8, 4) is 0 Å². The minimum atomic E-state index is 0.973. The molecule has 0 N–H and O–H groups in total. The zero-order valence-corrected chi connectivity index (χ0v) is 7.77. The molecule has 1 aromatic carbocycles. The lowest BCUT2D eigenvalue weighted by Crippen LogP contribution is -1.79. The van der Waals surface area contributed by atoms with Crippen molar-refractivity contribution in [3.63, 3.8) is 0 Å². The zero-order chi connectivity index (χ0) is 9.52. The van der Waals surface area contributed by atoms with Crippen molar-refractivity contribution in [2.24, 2.45) is 4.99 Å². The fourth-order valence-corrected chi connectivity index (χ4v) is 1.06. The molecule has 0 heterocycles. The SMILES string of the molecule is C=CC=N/C(=C\C)c1ccccc1. The Morgan fingerprint density at radius 3 is 2.54 bits per heavy atom. The maximum absolute atomic E-state index is 4.25. The van der Waals surface area contributed by atoms with Crippen LogP contribution in [0.3, 0.4) is 0 Å². The molecule has 66 valence electrons. The summed E-state index contributed by atoms with van der Waals surface area (Å²) in [6, 6.07) is 10.1. The van der Waals surface area contributed by atoms with Crippen LogP contribution in [0.4, 0.5) is 0 Å². The second-order valence-electron chi connectivity index (χ2n) is 2.55. The minimum Gasteiger partial charge on any atom is -0.257 e. The first-order chi connectivity index (χ1) is 6.38. The van der Waals surface area contributed by atoms with Crippen molar-refractivity contribution in [1.82, 2.24) is 0 Å². The molecule has 0 bridgehead atoms. The lowest BCUT2D eigenvalue weighted by molar-refractivity contribution is 1.49. The van der Waals surface area contributed by atoms with Crippen LogP contribution in [0.1, 0.15) is 12.5 Å². The number of aliphatic imine (C=N–C) groups is 1. The van der Waals surface area contributed by atoms with Crippen molar-refractivity contribution < 1.29 is 0 Å². The van der Waals surface area contributed by atoms with Gasteiger partial charge < -0.3 is 0 Å². The van der Waals surface area contributed by atoms with Crippen LogP contribution in [0.2, 0.25) is 0 Å². The maximum Gasteiger partial charge on any atom is 0.0659 e. The van der Waals surface area contributed by atoms with Crippen LogP contribution in [0.5, 0.6) is 0 Å². The normalized spacial score (nSPS) is 11.9. The fraction of sp³-hybridized carbons (Fsp3) is 0.0833. The van der Waals surface area contributed by atoms with Crippen LogP contribution < -0.4 is 0 Å². The molecule has 0 spiro atoms. The maximum atomic E-state index is 4.25. The molecule has 1 rings (SSSR count). The molecule has 1 aromatic rings. The van der Waals surface area contributed by atoms with Crippen molar-refractivity contribution >= 4 is 11.9 Å². The highest BCUT2D eigenvalue weighted by Gasteiger charge is 1.94. The van der Waals surface area contributed by atoms with Gasteiger partial charge in [0.15, 0.2) is 0 Å². The Bertz CT molecular complexity index is 320. The number of rotatable bonds is 3. The van der Waals surface area contributed by atoms with Crippen LogP contribution in [-0.2, 0) is 0 Å². The van der Waals surface area contributed by atoms with E-state index in [1.807, 2.05) is 43.3 Å². The summed E-state index contributed by atoms with van der Waals surface area (Å²) in [5.41, 5.74) is 2.10. The summed E-state index contributed by atoms with van der Waals surface area (Å²) in [5, 5.41) is 0. The Kier molecular flexibility index (Phi) is 3.71. The van der Waals surface area contributed by atoms with Crippen LogP contribution in [0.15, 0.2) is 54.1 Å². The summed E-state index contributed by atoms with van der Waals surface area (Å²) < 4.78 is 0. The van der Waals surface area contributed by atoms with Crippen LogP contribution >= 0.6 is 0 Å². The number of nitrogens with zero attached hydrogens (tertiary/aromatic N) is 1. The second-order valence-corrected chi connectivity index (χ2v) is 2.55. The quantitative estimate of drug-likeness (QED) is 0.619. The molecule has 0 unspecified atom stereocenters. The molecule has 0 atom stereocenters. The van der Waals surface area contributed by atoms with E-state index < -0.39 is 0 Å². The van der Waals surface area contributed by atoms with Gasteiger partial charge in [-0.15, -0.1) is 0 Å². The summed E-state index contributed by atoms with van der Waals surface area (Å²) in [4.78, 5) is 4.25. The van der Waals surface area contributed by atoms with Gasteiger partial charge in [-0.25, -0.2) is 0 Å². The van der Waals surface area contributed by atoms with Gasteiger partial charge in [0.05, 0.1) is 5.70 Å². The average Bonchev–Trinajstić information content (AvgIpc) is 2.21. The smallest absolute Gasteiger partial charge is 0.0659 e. The van der Waals surface area contributed by atoms with Crippen molar-refractivity contribution in [1.29, 1.82) is 0 Å². The van der Waals surface area contributed by atoms with Crippen molar-refractivity contribution in [2.45, 2.75) is 6.92 Å². The summed E-state index contributed by atoms with van der Waals surface area (Å²) in [7, 11) is 0. The first-order valence-electron chi connectivity index (χ1n) is 4.25. The number of allylic oxidation sites excluding steroid dienone is 2. The molecule has 13 heavy (non-hydrogen) atoms. The van der Waals surface area contributed by atoms with E-state index in [0.717, 1.165) is 11.3 Å². The van der Waals surface area contributed by atoms with E-state index in [1.54, 1.807) is 12.3 Å². The molecule has 1 heteroatoms. The molecule has 0 aliphatic heterocycles. The van der Waals surface area contributed by atoms with E-state index in [1.165, 1.54) is 0 Å². The van der Waals surface area contributed by atoms with Crippen LogP contribution in [0, 0.1) is 0 Å². The minimum absolute atomic E-state index is 0.973. The Morgan fingerprint density at radius 1 is 1.31 bits per heavy atom. The molecular formula is C12H13N. The van der Waals surface area contributed by atoms with Crippen molar-refractivity contribution in [3.05, 3.63) is 54.6 Å². The fourth-order valence-electron chi connectivity index (χ4n) is 1.06. The van der Waals surface area contributed by atoms with Crippen LogP contribution in [-0.4, -0.2) is 6.21 Å². The van der Waals surface area contributed by atoms with E-state index >= 15 is 0 Å². The van der Waals surface area contributed by atoms with Crippen molar-refractivity contribution in [2.75, 3.05) is 0 Å². The monoisotopic (exact) mass is 171 g/mol. The first kappa shape index (κ1) is 9.46. The van der Waals surface area contributed by atoms with Gasteiger partial charge in [-0.3, -0.25) is 4.99 Å². The molecule has 0 amide bonds. The summed E-state index contributed by atoms with van der Waals surface area (Å²) in [6.45, 7) is 5.56. The molecular weight excluding hydrogens is 158 g/mol. The summed E-state index contributed by atoms with van der Waals surface area (Å²) in [5.74, 6) is 0. The molecule has 0 saturated heterocycles. The molecule has 1 nitrogen and oxygen atoms in total. The van der Waals surface area contributed by atoms with Gasteiger partial charge in [0, 0.05) is 6.21 Å². The highest BCUT2D eigenvalue weighted by Crippen LogP contribution is 2.14. The van der Waals surface area contributed by atoms with E-state index in [9.17, 15) is 0 Å². The average molecular weight is 171 g/mol. The highest BCUT2D eigenvalue weighted by atomic mass is 14.7. The predicted octanol–water partition coefficient (Wildman–Crippen LogP) is 3.30. The van der Waals surface area contributed by atoms with Gasteiger partial charge in [0.25, 0.3) is 0 Å². The first-order valence-corrected chi connectivity index (χ1v) is 4.25. The Balaban J connectivity index is 2.92. The second kappa shape index (κ2) is 5.09. The molecule has 0 fully saturated rings. The van der Waals surface area contributed by atoms with Gasteiger partial charge in [-0.2, -0.15) is 0 Å². The zero-order valence-electron chi connectivity index (χ0n) is 7.77. The number of benzene rings is 1. The lowest BCUT2D eigenvalue weighted by atomic mass is 10.1. The third-order valence-electron chi connectivity index (χ3n) is 1.66. The Hall–Kier alpha value is -1.63. The molecule has 0 radical (unpaired) electrons. The lowest BCUT2D eigenvalue weighted by Gasteiger charge is -1.99. The van der Waals surface area contributed by atoms with Gasteiger partial charge in [0.1, 0.15) is 0 Å². The molecule has 0 aliphatic rings. The molecule has 0 aliphatic carbocycles. The summed E-state index contributed by atoms with van der Waals surface area (Å²) in [6.07, 6.45) is 5.35. The largest absolute Gasteiger partial charge is 0.257 e. The standard InChI is InChI=1S/C12H13N/c1-3-10-13-12(4-2)11-8-6-5-7-9-11/h3-10H,1H2,2H3/b12-4-,13-10?. The highest BCUT2D eigenvalue weighted by molar-refractivity contribution is 5.79. The van der Waals surface area contributed by atoms with E-state index in [2.05, 4.69) is 11.6 Å². The number of hydrogen-bond donors (Lipinski definition) is 0. The predicted molar refractivity (Wildman–Crippen MR) is 58.8 cm³/mol. The molecule has 0 aromatic heterocycles. The molecule has 0 saturated carbocycles. The summed E-state index contributed by atoms with van der Waals surface area (Å²) >= 11 is 0. The van der Waals surface area contributed by atoms with Crippen LogP contribution in [0.25, 0.3) is 5.70 Å². The van der Waals surface area contributed by atoms with Gasteiger partial charge >= 0.3 is 0 Å². The van der Waals surface area contributed by atoms with E-state index in [0.29, 0.717) is 0 Å². The van der Waals surface area contributed by atoms with Gasteiger partial charge in [-0.05, 0) is 12.5 Å². The number of hydrogen-bond acceptors (Lipinski definition) is 1. The van der Waals surface area contributed by atoms with E-state index in [-0.39, 0.29) is 0 Å². The van der Waals surface area contributed by atoms with E-state index in [4.69, 9.17) is 0 Å². The Morgan fingerprint density at radius 2 is 2.00 bits per heavy atom. The topological polar surface area (TPSA) is 12.4 Å². The van der Waals surface area contributed by atoms with Gasteiger partial charge in [-0.1, -0.05) is 49.1 Å².